The van der Waals surface area contributed by atoms with Gasteiger partial charge >= 0.3 is 35.8 Å². The number of hydrogen-bond acceptors (Lipinski definition) is 13. The number of aliphatic carboxylic acids is 1. The number of cyclic esters (lactones) is 2. The number of allylic oxidation sites excluding steroid dienone is 4. The number of carboxylic acids is 1. The van der Waals surface area contributed by atoms with Crippen LogP contribution in [-0.2, 0) is 46.1 Å². The summed E-state index contributed by atoms with van der Waals surface area (Å²) in [5, 5.41) is 8.98. The molecule has 1 N–H and O–H groups in total. The lowest BCUT2D eigenvalue weighted by Crippen LogP contribution is -2.44. The topological polar surface area (TPSA) is 187 Å². The van der Waals surface area contributed by atoms with E-state index >= 15 is 0 Å². The smallest absolute Gasteiger partial charge is 0.342 e. The molecule has 2 aliphatic heterocycles. The highest BCUT2D eigenvalue weighted by Crippen LogP contribution is 2.41. The predicted molar refractivity (Wildman–Crippen MR) is 337 cm³/mol. The lowest BCUT2D eigenvalue weighted by molar-refractivity contribution is -0.136. The minimum atomic E-state index is -2.29. The van der Waals surface area contributed by atoms with Crippen molar-refractivity contribution in [2.24, 2.45) is 11.8 Å². The van der Waals surface area contributed by atoms with Gasteiger partial charge < -0.3 is 37.6 Å². The Morgan fingerprint density at radius 1 is 0.588 bits per heavy atom. The zero-order valence-corrected chi connectivity index (χ0v) is 53.7. The van der Waals surface area contributed by atoms with Crippen LogP contribution < -0.4 is 8.85 Å². The van der Waals surface area contributed by atoms with Crippen LogP contribution in [0.3, 0.4) is 0 Å². The summed E-state index contributed by atoms with van der Waals surface area (Å²) >= 11 is 0. The molecule has 16 heteroatoms. The number of hydrogen-bond donors (Lipinski definition) is 1. The molecular weight excluding hydrogens is 1110 g/mol. The molecule has 2 aliphatic rings. The van der Waals surface area contributed by atoms with Crippen LogP contribution >= 0.6 is 0 Å². The summed E-state index contributed by atoms with van der Waals surface area (Å²) in [6.07, 6.45) is 15.7. The van der Waals surface area contributed by atoms with Crippen molar-refractivity contribution in [2.45, 2.75) is 167 Å². The standard InChI is InChI=1S/C36H46O7Si.C33H42O7Si/c1-8-24-40-32(37)23-15-21-29-25-31(42-34(38)28-18-10-9-11-19-28)26(2)16-12-13-17-27-20-14-22-30(33(27)35(39)41-29)43-44(6,7)36(3,4)5;1-23-14-10-11-15-24-18-12-20-27(40-41(5,6)33(2,3)4)30(24)32(37)38-26(19-13-21-29(34)35)22-28(23)39-31(36)25-16-8-7-9-17-25/h8-15,18-20,22-23,26,29,31H,1,16-17,21,24-25H2,2-7H3;7-13,16-18,20-21,23,26,28H,14-15,19,22H2,1-6H3,(H,34,35)/b13-12+,23-15+;11-10+,21-13+/t26-,29-,31+;23-,26-,28+/m00/s1. The van der Waals surface area contributed by atoms with Crippen LogP contribution in [0, 0.1) is 11.8 Å². The Hall–Kier alpha value is -7.57. The number of ether oxygens (including phenoxy) is 5. The number of carbonyl (C=O) groups excluding carboxylic acids is 5. The fraction of sp³-hybridized carbons (Fsp3) is 0.420. The molecular formula is C69H88O14Si2. The Labute approximate surface area is 505 Å². The monoisotopic (exact) mass is 1200 g/mol. The van der Waals surface area contributed by atoms with Gasteiger partial charge in [-0.1, -0.05) is 165 Å². The molecule has 14 nitrogen and oxygen atoms in total. The van der Waals surface area contributed by atoms with Crippen molar-refractivity contribution >= 4 is 52.5 Å². The van der Waals surface area contributed by atoms with E-state index in [4.69, 9.17) is 37.6 Å². The Bertz CT molecular complexity index is 3040. The van der Waals surface area contributed by atoms with E-state index in [0.29, 0.717) is 59.4 Å². The number of benzene rings is 4. The first-order chi connectivity index (χ1) is 40.1. The van der Waals surface area contributed by atoms with Gasteiger partial charge in [-0.25, -0.2) is 28.8 Å². The maximum atomic E-state index is 14.0. The number of rotatable bonds is 16. The first-order valence-electron chi connectivity index (χ1n) is 29.3. The summed E-state index contributed by atoms with van der Waals surface area (Å²) in [4.78, 5) is 77.2. The fourth-order valence-corrected chi connectivity index (χ4v) is 10.9. The van der Waals surface area contributed by atoms with Crippen molar-refractivity contribution < 1.29 is 66.4 Å². The van der Waals surface area contributed by atoms with E-state index in [2.05, 4.69) is 80.4 Å². The molecule has 6 rings (SSSR count). The van der Waals surface area contributed by atoms with Gasteiger partial charge in [0.15, 0.2) is 0 Å². The van der Waals surface area contributed by atoms with Crippen molar-refractivity contribution in [2.75, 3.05) is 6.61 Å². The quantitative estimate of drug-likeness (QED) is 0.0367. The van der Waals surface area contributed by atoms with E-state index in [1.165, 1.54) is 18.2 Å². The lowest BCUT2D eigenvalue weighted by Gasteiger charge is -2.37. The molecule has 2 heterocycles. The highest BCUT2D eigenvalue weighted by atomic mass is 28.4. The average Bonchev–Trinajstić information content (AvgIpc) is 1.90. The third-order valence-electron chi connectivity index (χ3n) is 16.0. The highest BCUT2D eigenvalue weighted by molar-refractivity contribution is 6.75. The number of fused-ring (bicyclic) bond motifs is 2. The van der Waals surface area contributed by atoms with Crippen LogP contribution in [-0.4, -0.2) is 88.6 Å². The zero-order chi connectivity index (χ0) is 62.5. The molecule has 0 aromatic heterocycles. The molecule has 0 saturated carbocycles. The fourth-order valence-electron chi connectivity index (χ4n) is 8.83. The SMILES string of the molecule is C=CCOC(=O)/C=C/C[C@H]1C[C@@H](OC(=O)c2ccccc2)[C@@H](C)C/C=C/Cc2cccc(O[Si](C)(C)C(C)(C)C)c2C(=O)O1.C[C@H]1C/C=C/Cc2cccc(O[Si](C)(C)C(C)(C)C)c2C(=O)O[C@@H](C/C=C/C(=O)O)C[C@H]1OC(=O)c1ccccc1. The minimum absolute atomic E-state index is 0.0613. The Morgan fingerprint density at radius 2 is 0.988 bits per heavy atom. The number of carbonyl (C=O) groups is 6. The first-order valence-corrected chi connectivity index (χ1v) is 35.1. The van der Waals surface area contributed by atoms with Crippen LogP contribution in [0.2, 0.25) is 36.3 Å². The van der Waals surface area contributed by atoms with Gasteiger partial charge in [0.25, 0.3) is 16.6 Å². The molecule has 456 valence electrons. The summed E-state index contributed by atoms with van der Waals surface area (Å²) < 4.78 is 42.5. The molecule has 0 amide bonds. The molecule has 0 bridgehead atoms. The van der Waals surface area contributed by atoms with E-state index in [0.717, 1.165) is 17.2 Å². The summed E-state index contributed by atoms with van der Waals surface area (Å²) in [6.45, 7) is 29.0. The molecule has 0 radical (unpaired) electrons. The van der Waals surface area contributed by atoms with Crippen LogP contribution in [0.15, 0.2) is 158 Å². The predicted octanol–water partition coefficient (Wildman–Crippen LogP) is 15.4. The van der Waals surface area contributed by atoms with Gasteiger partial charge in [-0.15, -0.1) is 0 Å². The molecule has 6 atom stereocenters. The van der Waals surface area contributed by atoms with E-state index in [9.17, 15) is 28.8 Å². The summed E-state index contributed by atoms with van der Waals surface area (Å²) in [5.74, 6) is -2.71. The first kappa shape index (κ1) is 68.2. The molecule has 85 heavy (non-hydrogen) atoms. The summed E-state index contributed by atoms with van der Waals surface area (Å²) in [7, 11) is -4.57. The van der Waals surface area contributed by atoms with Gasteiger partial charge in [-0.05, 0) is 121 Å². The van der Waals surface area contributed by atoms with Crippen molar-refractivity contribution in [3.8, 4) is 11.5 Å². The summed E-state index contributed by atoms with van der Waals surface area (Å²) in [5.41, 5.74) is 3.25. The normalized spacial score (nSPS) is 20.7. The maximum absolute atomic E-state index is 14.0. The van der Waals surface area contributed by atoms with Crippen molar-refractivity contribution in [3.05, 3.63) is 192 Å². The van der Waals surface area contributed by atoms with Crippen LogP contribution in [0.25, 0.3) is 0 Å². The molecule has 0 spiro atoms. The molecule has 0 saturated heterocycles. The second-order valence-corrected chi connectivity index (χ2v) is 34.2. The maximum Gasteiger partial charge on any atom is 0.342 e. The largest absolute Gasteiger partial charge is 0.543 e. The van der Waals surface area contributed by atoms with Crippen LogP contribution in [0.5, 0.6) is 11.5 Å². The molecule has 4 aromatic carbocycles. The molecule has 4 aromatic rings. The number of esters is 5. The van der Waals surface area contributed by atoms with Crippen molar-refractivity contribution in [1.29, 1.82) is 0 Å². The van der Waals surface area contributed by atoms with Crippen molar-refractivity contribution in [3.63, 3.8) is 0 Å². The van der Waals surface area contributed by atoms with Crippen LogP contribution in [0.4, 0.5) is 0 Å². The lowest BCUT2D eigenvalue weighted by atomic mass is 9.93. The zero-order valence-electron chi connectivity index (χ0n) is 51.7. The van der Waals surface area contributed by atoms with Gasteiger partial charge in [0.2, 0.25) is 0 Å². The van der Waals surface area contributed by atoms with Gasteiger partial charge in [0, 0.05) is 37.8 Å². The van der Waals surface area contributed by atoms with E-state index in [-0.39, 0.29) is 54.2 Å². The Balaban J connectivity index is 0.000000311. The van der Waals surface area contributed by atoms with Gasteiger partial charge in [0.1, 0.15) is 53.6 Å². The van der Waals surface area contributed by atoms with E-state index < -0.39 is 76.9 Å². The second kappa shape index (κ2) is 31.5. The number of carboxylic acid groups (broad SMARTS) is 1. The molecule has 0 unspecified atom stereocenters. The Morgan fingerprint density at radius 3 is 1.36 bits per heavy atom. The van der Waals surface area contributed by atoms with Crippen LogP contribution in [0.1, 0.15) is 146 Å². The van der Waals surface area contributed by atoms with Gasteiger partial charge in [-0.3, -0.25) is 0 Å². The van der Waals surface area contributed by atoms with Crippen molar-refractivity contribution in [1.82, 2.24) is 0 Å². The highest BCUT2D eigenvalue weighted by Gasteiger charge is 2.42. The Kier molecular flexibility index (Phi) is 25.3. The van der Waals surface area contributed by atoms with E-state index in [1.807, 2.05) is 80.6 Å². The van der Waals surface area contributed by atoms with E-state index in [1.54, 1.807) is 54.6 Å². The summed E-state index contributed by atoms with van der Waals surface area (Å²) in [6, 6.07) is 28.8. The third kappa shape index (κ3) is 20.9. The van der Waals surface area contributed by atoms with Gasteiger partial charge in [0.05, 0.1) is 11.1 Å². The average molecular weight is 1200 g/mol. The van der Waals surface area contributed by atoms with Gasteiger partial charge in [-0.2, -0.15) is 0 Å². The molecule has 0 aliphatic carbocycles. The minimum Gasteiger partial charge on any atom is -0.543 e. The second-order valence-electron chi connectivity index (χ2n) is 24.8. The third-order valence-corrected chi connectivity index (χ3v) is 24.7. The molecule has 0 fully saturated rings.